The molecule has 1 N–H and O–H groups in total. The highest BCUT2D eigenvalue weighted by molar-refractivity contribution is 7.12. The standard InChI is InChI=1S/C26H31N3O7S/c1-25(2,3)20(28-24(33)36-26(4,5)6)23(32)35-14-29-12-16(15-10-8-9-11-18(15)29)19(30)21-27-17(13-37-21)22(31)34-7/h8-13,20H,14H2,1-7H3,(H,28,33). The predicted octanol–water partition coefficient (Wildman–Crippen LogP) is 4.56. The summed E-state index contributed by atoms with van der Waals surface area (Å²) >= 11 is 1.04. The Kier molecular flexibility index (Phi) is 8.06. The summed E-state index contributed by atoms with van der Waals surface area (Å²) in [5.41, 5.74) is -0.319. The molecule has 0 bridgehead atoms. The lowest BCUT2D eigenvalue weighted by atomic mass is 9.87. The number of hydrogen-bond acceptors (Lipinski definition) is 9. The van der Waals surface area contributed by atoms with Crippen LogP contribution in [0.1, 0.15) is 67.4 Å². The lowest BCUT2D eigenvalue weighted by Crippen LogP contribution is -2.51. The van der Waals surface area contributed by atoms with Gasteiger partial charge in [-0.1, -0.05) is 39.0 Å². The van der Waals surface area contributed by atoms with Gasteiger partial charge in [0, 0.05) is 17.0 Å². The molecule has 0 saturated carbocycles. The zero-order valence-electron chi connectivity index (χ0n) is 21.9. The van der Waals surface area contributed by atoms with Gasteiger partial charge in [0.15, 0.2) is 17.4 Å². The maximum Gasteiger partial charge on any atom is 0.408 e. The van der Waals surface area contributed by atoms with Gasteiger partial charge >= 0.3 is 18.0 Å². The second-order valence-corrected chi connectivity index (χ2v) is 11.3. The molecule has 0 radical (unpaired) electrons. The van der Waals surface area contributed by atoms with Crippen molar-refractivity contribution in [3.8, 4) is 0 Å². The number of nitrogens with one attached hydrogen (secondary N) is 1. The van der Waals surface area contributed by atoms with E-state index in [4.69, 9.17) is 9.47 Å². The number of para-hydroxylation sites is 1. The third-order valence-corrected chi connectivity index (χ3v) is 6.08. The van der Waals surface area contributed by atoms with Crippen LogP contribution in [0.4, 0.5) is 4.79 Å². The molecule has 198 valence electrons. The molecule has 10 nitrogen and oxygen atoms in total. The van der Waals surface area contributed by atoms with E-state index in [1.54, 1.807) is 76.6 Å². The first-order valence-corrected chi connectivity index (χ1v) is 12.4. The van der Waals surface area contributed by atoms with Gasteiger partial charge in [-0.05, 0) is 32.3 Å². The number of nitrogens with zero attached hydrogens (tertiary/aromatic N) is 2. The monoisotopic (exact) mass is 529 g/mol. The number of rotatable bonds is 7. The Balaban J connectivity index is 1.83. The van der Waals surface area contributed by atoms with Crippen LogP contribution in [0.25, 0.3) is 10.9 Å². The number of carbonyl (C=O) groups excluding carboxylic acids is 4. The van der Waals surface area contributed by atoms with E-state index in [2.05, 4.69) is 15.0 Å². The molecule has 0 spiro atoms. The minimum Gasteiger partial charge on any atom is -0.464 e. The highest BCUT2D eigenvalue weighted by Gasteiger charge is 2.35. The quantitative estimate of drug-likeness (QED) is 0.268. The Morgan fingerprint density at radius 1 is 1.08 bits per heavy atom. The molecule has 37 heavy (non-hydrogen) atoms. The fourth-order valence-corrected chi connectivity index (χ4v) is 4.24. The molecule has 2 aromatic heterocycles. The zero-order chi connectivity index (χ0) is 27.5. The predicted molar refractivity (Wildman–Crippen MR) is 138 cm³/mol. The Morgan fingerprint density at radius 2 is 1.76 bits per heavy atom. The molecular weight excluding hydrogens is 498 g/mol. The third-order valence-electron chi connectivity index (χ3n) is 5.23. The Hall–Kier alpha value is -3.73. The van der Waals surface area contributed by atoms with Crippen LogP contribution in [0.5, 0.6) is 0 Å². The van der Waals surface area contributed by atoms with E-state index < -0.39 is 35.1 Å². The number of ether oxygens (including phenoxy) is 3. The molecule has 2 heterocycles. The molecule has 3 aromatic rings. The van der Waals surface area contributed by atoms with Gasteiger partial charge in [0.25, 0.3) is 0 Å². The van der Waals surface area contributed by atoms with Crippen molar-refractivity contribution in [1.29, 1.82) is 0 Å². The molecule has 1 aromatic carbocycles. The minimum atomic E-state index is -0.975. The van der Waals surface area contributed by atoms with E-state index in [0.29, 0.717) is 16.5 Å². The molecule has 0 aliphatic carbocycles. The summed E-state index contributed by atoms with van der Waals surface area (Å²) in [5, 5.41) is 4.84. The number of fused-ring (bicyclic) bond motifs is 1. The average molecular weight is 530 g/mol. The Morgan fingerprint density at radius 3 is 2.38 bits per heavy atom. The van der Waals surface area contributed by atoms with Crippen molar-refractivity contribution in [2.75, 3.05) is 7.11 Å². The number of alkyl carbamates (subject to hydrolysis) is 1. The number of ketones is 1. The molecular formula is C26H31N3O7S. The SMILES string of the molecule is COC(=O)c1csc(C(=O)c2cn(COC(=O)C(NC(=O)OC(C)(C)C)C(C)(C)C)c3ccccc23)n1. The highest BCUT2D eigenvalue weighted by Crippen LogP contribution is 2.26. The van der Waals surface area contributed by atoms with Crippen molar-refractivity contribution in [2.24, 2.45) is 5.41 Å². The number of thiazole rings is 1. The van der Waals surface area contributed by atoms with Gasteiger partial charge < -0.3 is 24.1 Å². The van der Waals surface area contributed by atoms with Crippen molar-refractivity contribution in [1.82, 2.24) is 14.9 Å². The topological polar surface area (TPSA) is 126 Å². The van der Waals surface area contributed by atoms with Crippen molar-refractivity contribution in [3.63, 3.8) is 0 Å². The molecule has 11 heteroatoms. The third kappa shape index (κ3) is 6.73. The second-order valence-electron chi connectivity index (χ2n) is 10.4. The first kappa shape index (κ1) is 27.9. The molecule has 0 aliphatic rings. The van der Waals surface area contributed by atoms with Gasteiger partial charge in [0.1, 0.15) is 11.6 Å². The van der Waals surface area contributed by atoms with Crippen LogP contribution >= 0.6 is 11.3 Å². The first-order chi connectivity index (χ1) is 17.2. The molecule has 1 unspecified atom stereocenters. The number of aromatic nitrogens is 2. The maximum absolute atomic E-state index is 13.2. The fourth-order valence-electron chi connectivity index (χ4n) is 3.50. The number of benzene rings is 1. The molecule has 3 rings (SSSR count). The van der Waals surface area contributed by atoms with Crippen molar-refractivity contribution in [2.45, 2.75) is 59.9 Å². The lowest BCUT2D eigenvalue weighted by molar-refractivity contribution is -0.152. The van der Waals surface area contributed by atoms with Crippen LogP contribution in [0, 0.1) is 5.41 Å². The van der Waals surface area contributed by atoms with Gasteiger partial charge in [-0.3, -0.25) is 4.79 Å². The number of methoxy groups -OCH3 is 1. The van der Waals surface area contributed by atoms with E-state index in [1.807, 2.05) is 0 Å². The summed E-state index contributed by atoms with van der Waals surface area (Å²) in [5.74, 6) is -1.65. The van der Waals surface area contributed by atoms with E-state index in [-0.39, 0.29) is 23.2 Å². The summed E-state index contributed by atoms with van der Waals surface area (Å²) in [7, 11) is 1.24. The lowest BCUT2D eigenvalue weighted by Gasteiger charge is -2.30. The Bertz CT molecular complexity index is 1330. The van der Waals surface area contributed by atoms with Crippen molar-refractivity contribution >= 4 is 46.1 Å². The second kappa shape index (κ2) is 10.7. The van der Waals surface area contributed by atoms with Gasteiger partial charge in [0.2, 0.25) is 5.78 Å². The normalized spacial score (nSPS) is 12.6. The van der Waals surface area contributed by atoms with Crippen LogP contribution in [-0.4, -0.2) is 52.1 Å². The van der Waals surface area contributed by atoms with Crippen LogP contribution < -0.4 is 5.32 Å². The van der Waals surface area contributed by atoms with E-state index >= 15 is 0 Å². The summed E-state index contributed by atoms with van der Waals surface area (Å²) in [6.07, 6.45) is 0.853. The van der Waals surface area contributed by atoms with Crippen LogP contribution in [0.15, 0.2) is 35.8 Å². The molecule has 1 atom stereocenters. The van der Waals surface area contributed by atoms with Gasteiger partial charge in [-0.2, -0.15) is 0 Å². The zero-order valence-corrected chi connectivity index (χ0v) is 22.7. The number of amides is 1. The van der Waals surface area contributed by atoms with Gasteiger partial charge in [-0.15, -0.1) is 11.3 Å². The van der Waals surface area contributed by atoms with Crippen LogP contribution in [0.2, 0.25) is 0 Å². The number of hydrogen-bond donors (Lipinski definition) is 1. The van der Waals surface area contributed by atoms with Crippen LogP contribution in [0.3, 0.4) is 0 Å². The maximum atomic E-state index is 13.2. The summed E-state index contributed by atoms with van der Waals surface area (Å²) in [6, 6.07) is 6.18. The molecule has 0 saturated heterocycles. The molecule has 0 aliphatic heterocycles. The molecule has 0 fully saturated rings. The smallest absolute Gasteiger partial charge is 0.408 e. The summed E-state index contributed by atoms with van der Waals surface area (Å²) < 4.78 is 17.2. The van der Waals surface area contributed by atoms with E-state index in [9.17, 15) is 19.2 Å². The van der Waals surface area contributed by atoms with Gasteiger partial charge in [-0.25, -0.2) is 19.4 Å². The van der Waals surface area contributed by atoms with E-state index in [1.165, 1.54) is 12.5 Å². The number of esters is 2. The van der Waals surface area contributed by atoms with E-state index in [0.717, 1.165) is 11.3 Å². The summed E-state index contributed by atoms with van der Waals surface area (Å²) in [4.78, 5) is 54.4. The fraction of sp³-hybridized carbons (Fsp3) is 0.423. The molecule has 1 amide bonds. The minimum absolute atomic E-state index is 0.0548. The average Bonchev–Trinajstić information content (AvgIpc) is 3.44. The van der Waals surface area contributed by atoms with Crippen molar-refractivity contribution in [3.05, 3.63) is 52.1 Å². The van der Waals surface area contributed by atoms with Gasteiger partial charge in [0.05, 0.1) is 18.2 Å². The number of carbonyl (C=O) groups is 4. The highest BCUT2D eigenvalue weighted by atomic mass is 32.1. The first-order valence-electron chi connectivity index (χ1n) is 11.5. The van der Waals surface area contributed by atoms with Crippen molar-refractivity contribution < 1.29 is 33.4 Å². The largest absolute Gasteiger partial charge is 0.464 e. The van der Waals surface area contributed by atoms with Crippen LogP contribution in [-0.2, 0) is 25.7 Å². The Labute approximate surface area is 218 Å². The summed E-state index contributed by atoms with van der Waals surface area (Å²) in [6.45, 7) is 10.4.